The van der Waals surface area contributed by atoms with Crippen LogP contribution in [0, 0.1) is 26.6 Å². The highest BCUT2D eigenvalue weighted by molar-refractivity contribution is 7.15. The quantitative estimate of drug-likeness (QED) is 0.619. The van der Waals surface area contributed by atoms with Gasteiger partial charge in [0, 0.05) is 29.1 Å². The van der Waals surface area contributed by atoms with Crippen LogP contribution >= 0.6 is 11.3 Å². The van der Waals surface area contributed by atoms with Gasteiger partial charge in [-0.2, -0.15) is 0 Å². The minimum Gasteiger partial charge on any atom is -0.347 e. The Morgan fingerprint density at radius 3 is 2.62 bits per heavy atom. The molecule has 5 nitrogen and oxygen atoms in total. The lowest BCUT2D eigenvalue weighted by Crippen LogP contribution is -2.36. The number of nitrogens with zero attached hydrogens (tertiary/aromatic N) is 1. The van der Waals surface area contributed by atoms with Gasteiger partial charge in [-0.05, 0) is 50.1 Å². The van der Waals surface area contributed by atoms with Crippen LogP contribution in [-0.2, 0) is 16.0 Å². The summed E-state index contributed by atoms with van der Waals surface area (Å²) in [6.45, 7) is 5.98. The second-order valence-electron chi connectivity index (χ2n) is 6.82. The number of hydrogen-bond donors (Lipinski definition) is 2. The molecule has 0 unspecified atom stereocenters. The molecule has 2 aromatic carbocycles. The molecule has 2 amide bonds. The molecule has 0 bridgehead atoms. The van der Waals surface area contributed by atoms with Crippen molar-refractivity contribution in [1.82, 2.24) is 10.3 Å². The summed E-state index contributed by atoms with van der Waals surface area (Å²) in [4.78, 5) is 29.7. The van der Waals surface area contributed by atoms with Gasteiger partial charge in [-0.1, -0.05) is 24.3 Å². The number of aromatic nitrogens is 1. The minimum atomic E-state index is -0.694. The van der Waals surface area contributed by atoms with Gasteiger partial charge in [0.25, 0.3) is 0 Å². The molecule has 150 valence electrons. The fourth-order valence-corrected chi connectivity index (χ4v) is 3.88. The molecular weight excluding hydrogens is 389 g/mol. The van der Waals surface area contributed by atoms with E-state index in [9.17, 15) is 14.0 Å². The largest absolute Gasteiger partial charge is 0.347 e. The normalized spacial score (nSPS) is 10.6. The van der Waals surface area contributed by atoms with Gasteiger partial charge < -0.3 is 10.6 Å². The van der Waals surface area contributed by atoms with Crippen LogP contribution in [0.15, 0.2) is 42.5 Å². The third kappa shape index (κ3) is 5.26. The topological polar surface area (TPSA) is 71.1 Å². The SMILES string of the molecule is Cc1ccc(C)c(NC(=O)C(=O)NCCc2sc(-c3cccc(F)c3)nc2C)c1. The molecule has 0 aliphatic rings. The maximum atomic E-state index is 13.4. The predicted octanol–water partition coefficient (Wildman–Crippen LogP) is 4.17. The summed E-state index contributed by atoms with van der Waals surface area (Å²) in [5.41, 5.74) is 4.08. The first-order valence-electron chi connectivity index (χ1n) is 9.22. The van der Waals surface area contributed by atoms with Gasteiger partial charge in [-0.25, -0.2) is 9.37 Å². The average molecular weight is 412 g/mol. The molecule has 0 atom stereocenters. The maximum absolute atomic E-state index is 13.4. The molecule has 0 fully saturated rings. The molecule has 0 radical (unpaired) electrons. The van der Waals surface area contributed by atoms with Crippen LogP contribution in [0.25, 0.3) is 10.6 Å². The number of benzene rings is 2. The standard InChI is InChI=1S/C22H22FN3O2S/c1-13-7-8-14(2)18(11-13)26-21(28)20(27)24-10-9-19-15(3)25-22(29-19)16-5-4-6-17(23)12-16/h4-8,11-12H,9-10H2,1-3H3,(H,24,27)(H,26,28). The highest BCUT2D eigenvalue weighted by Crippen LogP contribution is 2.28. The zero-order chi connectivity index (χ0) is 21.0. The highest BCUT2D eigenvalue weighted by atomic mass is 32.1. The van der Waals surface area contributed by atoms with Gasteiger partial charge in [-0.3, -0.25) is 9.59 Å². The summed E-state index contributed by atoms with van der Waals surface area (Å²) in [5, 5.41) is 6.02. The number of halogens is 1. The van der Waals surface area contributed by atoms with E-state index in [0.717, 1.165) is 32.3 Å². The van der Waals surface area contributed by atoms with Gasteiger partial charge >= 0.3 is 11.8 Å². The monoisotopic (exact) mass is 411 g/mol. The Morgan fingerprint density at radius 1 is 1.07 bits per heavy atom. The molecule has 3 aromatic rings. The Balaban J connectivity index is 1.56. The number of carbonyl (C=O) groups excluding carboxylic acids is 2. The number of aryl methyl sites for hydroxylation is 3. The van der Waals surface area contributed by atoms with Crippen LogP contribution in [0.3, 0.4) is 0 Å². The van der Waals surface area contributed by atoms with E-state index >= 15 is 0 Å². The van der Waals surface area contributed by atoms with Crippen molar-refractivity contribution in [1.29, 1.82) is 0 Å². The van der Waals surface area contributed by atoms with Crippen molar-refractivity contribution in [3.63, 3.8) is 0 Å². The zero-order valence-electron chi connectivity index (χ0n) is 16.5. The van der Waals surface area contributed by atoms with Gasteiger partial charge in [0.2, 0.25) is 0 Å². The van der Waals surface area contributed by atoms with Crippen molar-refractivity contribution < 1.29 is 14.0 Å². The average Bonchev–Trinajstić information content (AvgIpc) is 3.05. The molecule has 0 aliphatic carbocycles. The van der Waals surface area contributed by atoms with Crippen LogP contribution in [0.5, 0.6) is 0 Å². The van der Waals surface area contributed by atoms with Gasteiger partial charge in [0.1, 0.15) is 10.8 Å². The zero-order valence-corrected chi connectivity index (χ0v) is 17.3. The lowest BCUT2D eigenvalue weighted by atomic mass is 10.1. The van der Waals surface area contributed by atoms with Crippen molar-refractivity contribution in [2.45, 2.75) is 27.2 Å². The summed E-state index contributed by atoms with van der Waals surface area (Å²) in [7, 11) is 0. The van der Waals surface area contributed by atoms with Crippen LogP contribution in [0.1, 0.15) is 21.7 Å². The van der Waals surface area contributed by atoms with Crippen LogP contribution in [-0.4, -0.2) is 23.3 Å². The predicted molar refractivity (Wildman–Crippen MR) is 114 cm³/mol. The Kier molecular flexibility index (Phi) is 6.39. The second-order valence-corrected chi connectivity index (χ2v) is 7.90. The number of nitrogens with one attached hydrogen (secondary N) is 2. The van der Waals surface area contributed by atoms with E-state index in [1.165, 1.54) is 23.5 Å². The van der Waals surface area contributed by atoms with Crippen LogP contribution in [0.2, 0.25) is 0 Å². The first kappa shape index (κ1) is 20.7. The Hall–Kier alpha value is -3.06. The Labute approximate surface area is 173 Å². The highest BCUT2D eigenvalue weighted by Gasteiger charge is 2.15. The van der Waals surface area contributed by atoms with Gasteiger partial charge in [0.05, 0.1) is 5.69 Å². The molecule has 29 heavy (non-hydrogen) atoms. The maximum Gasteiger partial charge on any atom is 0.313 e. The van der Waals surface area contributed by atoms with Crippen LogP contribution < -0.4 is 10.6 Å². The summed E-state index contributed by atoms with van der Waals surface area (Å²) >= 11 is 1.46. The Morgan fingerprint density at radius 2 is 1.86 bits per heavy atom. The summed E-state index contributed by atoms with van der Waals surface area (Å²) in [6.07, 6.45) is 0.543. The molecular formula is C22H22FN3O2S. The van der Waals surface area contributed by atoms with Crippen molar-refractivity contribution in [2.24, 2.45) is 0 Å². The van der Waals surface area contributed by atoms with Crippen molar-refractivity contribution in [3.05, 3.63) is 70.0 Å². The first-order valence-corrected chi connectivity index (χ1v) is 10.0. The summed E-state index contributed by atoms with van der Waals surface area (Å²) in [6, 6.07) is 12.0. The van der Waals surface area contributed by atoms with Gasteiger partial charge in [0.15, 0.2) is 0 Å². The van der Waals surface area contributed by atoms with E-state index in [1.807, 2.05) is 45.0 Å². The second kappa shape index (κ2) is 8.96. The fraction of sp³-hybridized carbons (Fsp3) is 0.227. The number of anilines is 1. The summed E-state index contributed by atoms with van der Waals surface area (Å²) in [5.74, 6) is -1.68. The number of thiazole rings is 1. The number of carbonyl (C=O) groups is 2. The van der Waals surface area contributed by atoms with Gasteiger partial charge in [-0.15, -0.1) is 11.3 Å². The molecule has 0 saturated carbocycles. The fourth-order valence-electron chi connectivity index (χ4n) is 2.82. The number of hydrogen-bond acceptors (Lipinski definition) is 4. The lowest BCUT2D eigenvalue weighted by molar-refractivity contribution is -0.136. The van der Waals surface area contributed by atoms with Crippen LogP contribution in [0.4, 0.5) is 10.1 Å². The van der Waals surface area contributed by atoms with E-state index in [4.69, 9.17) is 0 Å². The van der Waals surface area contributed by atoms with E-state index in [1.54, 1.807) is 6.07 Å². The number of rotatable bonds is 5. The van der Waals surface area contributed by atoms with E-state index in [2.05, 4.69) is 15.6 Å². The van der Waals surface area contributed by atoms with E-state index < -0.39 is 11.8 Å². The molecule has 2 N–H and O–H groups in total. The third-order valence-electron chi connectivity index (χ3n) is 4.45. The minimum absolute atomic E-state index is 0.306. The molecule has 3 rings (SSSR count). The molecule has 1 aromatic heterocycles. The van der Waals surface area contributed by atoms with Crippen molar-refractivity contribution in [2.75, 3.05) is 11.9 Å². The van der Waals surface area contributed by atoms with Crippen molar-refractivity contribution in [3.8, 4) is 10.6 Å². The smallest absolute Gasteiger partial charge is 0.313 e. The molecule has 0 spiro atoms. The Bertz CT molecular complexity index is 1060. The third-order valence-corrected chi connectivity index (χ3v) is 5.72. The van der Waals surface area contributed by atoms with E-state index in [0.29, 0.717) is 18.7 Å². The van der Waals surface area contributed by atoms with E-state index in [-0.39, 0.29) is 5.82 Å². The molecule has 0 aliphatic heterocycles. The summed E-state index contributed by atoms with van der Waals surface area (Å²) < 4.78 is 13.4. The van der Waals surface area contributed by atoms with Crippen molar-refractivity contribution >= 4 is 28.8 Å². The number of amides is 2. The lowest BCUT2D eigenvalue weighted by Gasteiger charge is -2.09. The molecule has 0 saturated heterocycles. The molecule has 1 heterocycles. The first-order chi connectivity index (χ1) is 13.8. The molecule has 7 heteroatoms.